The molecule has 0 bridgehead atoms. The maximum absolute atomic E-state index is 12.4. The van der Waals surface area contributed by atoms with Crippen molar-refractivity contribution in [3.8, 4) is 5.75 Å². The fourth-order valence-electron chi connectivity index (χ4n) is 3.67. The lowest BCUT2D eigenvalue weighted by atomic mass is 9.96. The van der Waals surface area contributed by atoms with E-state index in [2.05, 4.69) is 4.40 Å². The molecule has 0 atom stereocenters. The van der Waals surface area contributed by atoms with Crippen molar-refractivity contribution >= 4 is 45.0 Å². The Labute approximate surface area is 190 Å². The summed E-state index contributed by atoms with van der Waals surface area (Å²) in [7, 11) is -3.66. The number of halogens is 2. The predicted octanol–water partition coefficient (Wildman–Crippen LogP) is 3.78. The minimum Gasteiger partial charge on any atom is -0.487 e. The second-order valence-electron chi connectivity index (χ2n) is 7.21. The van der Waals surface area contributed by atoms with Crippen LogP contribution >= 0.6 is 23.2 Å². The van der Waals surface area contributed by atoms with Crippen LogP contribution in [0, 0.1) is 5.92 Å². The number of esters is 1. The Kier molecular flexibility index (Phi) is 6.41. The lowest BCUT2D eigenvalue weighted by Crippen LogP contribution is -2.40. The van der Waals surface area contributed by atoms with Gasteiger partial charge in [0.25, 0.3) is 10.0 Å². The highest BCUT2D eigenvalue weighted by Crippen LogP contribution is 2.32. The summed E-state index contributed by atoms with van der Waals surface area (Å²) in [5.41, 5.74) is 0.610. The summed E-state index contributed by atoms with van der Waals surface area (Å²) >= 11 is 12.1. The van der Waals surface area contributed by atoms with Crippen molar-refractivity contribution in [3.05, 3.63) is 58.1 Å². The number of para-hydroxylation sites is 1. The molecule has 0 radical (unpaired) electrons. The van der Waals surface area contributed by atoms with Crippen molar-refractivity contribution in [2.45, 2.75) is 17.7 Å². The third-order valence-electron chi connectivity index (χ3n) is 5.23. The molecule has 0 saturated carbocycles. The molecule has 7 nitrogen and oxygen atoms in total. The van der Waals surface area contributed by atoms with E-state index in [4.69, 9.17) is 32.7 Å². The van der Waals surface area contributed by atoms with Crippen LogP contribution in [0.15, 0.2) is 51.8 Å². The van der Waals surface area contributed by atoms with E-state index in [1.165, 1.54) is 0 Å². The first-order chi connectivity index (χ1) is 14.9. The number of carbonyl (C=O) groups is 1. The van der Waals surface area contributed by atoms with Gasteiger partial charge in [0.1, 0.15) is 18.1 Å². The lowest BCUT2D eigenvalue weighted by Gasteiger charge is -2.32. The van der Waals surface area contributed by atoms with E-state index < -0.39 is 10.0 Å². The van der Waals surface area contributed by atoms with Gasteiger partial charge >= 0.3 is 5.97 Å². The Balaban J connectivity index is 1.27. The van der Waals surface area contributed by atoms with Crippen molar-refractivity contribution in [3.63, 3.8) is 0 Å². The molecule has 0 amide bonds. The first-order valence-corrected chi connectivity index (χ1v) is 12.0. The molecule has 31 heavy (non-hydrogen) atoms. The molecule has 2 heterocycles. The Morgan fingerprint density at radius 2 is 1.71 bits per heavy atom. The third kappa shape index (κ3) is 4.66. The van der Waals surface area contributed by atoms with Gasteiger partial charge in [0.15, 0.2) is 11.6 Å². The van der Waals surface area contributed by atoms with Gasteiger partial charge in [0, 0.05) is 18.7 Å². The van der Waals surface area contributed by atoms with Crippen LogP contribution in [0.4, 0.5) is 0 Å². The summed E-state index contributed by atoms with van der Waals surface area (Å²) in [6, 6.07) is 11.8. The molecule has 0 aliphatic carbocycles. The number of hydrogen-bond acceptors (Lipinski definition) is 6. The molecule has 1 saturated heterocycles. The van der Waals surface area contributed by atoms with Crippen LogP contribution in [0.5, 0.6) is 5.75 Å². The van der Waals surface area contributed by atoms with Crippen molar-refractivity contribution in [2.75, 3.05) is 26.3 Å². The molecule has 164 valence electrons. The van der Waals surface area contributed by atoms with Gasteiger partial charge in [-0.1, -0.05) is 41.4 Å². The Morgan fingerprint density at radius 1 is 1.03 bits per heavy atom. The maximum atomic E-state index is 12.4. The van der Waals surface area contributed by atoms with Gasteiger partial charge in [0.05, 0.1) is 16.0 Å². The summed E-state index contributed by atoms with van der Waals surface area (Å²) in [6.07, 6.45) is 1.11. The van der Waals surface area contributed by atoms with E-state index in [0.29, 0.717) is 53.1 Å². The van der Waals surface area contributed by atoms with E-state index in [1.807, 2.05) is 4.90 Å². The number of nitrogens with zero attached hydrogens (tertiary/aromatic N) is 2. The average Bonchev–Trinajstić information content (AvgIpc) is 3.04. The van der Waals surface area contributed by atoms with Gasteiger partial charge in [-0.05, 0) is 37.1 Å². The summed E-state index contributed by atoms with van der Waals surface area (Å²) in [4.78, 5) is 14.5. The van der Waals surface area contributed by atoms with Gasteiger partial charge < -0.3 is 14.4 Å². The molecule has 2 aromatic rings. The van der Waals surface area contributed by atoms with E-state index in [9.17, 15) is 13.2 Å². The quantitative estimate of drug-likeness (QED) is 0.476. The lowest BCUT2D eigenvalue weighted by molar-refractivity contribution is -0.150. The van der Waals surface area contributed by atoms with Gasteiger partial charge in [0.2, 0.25) is 0 Å². The molecule has 0 unspecified atom stereocenters. The number of benzene rings is 2. The minimum atomic E-state index is -3.66. The summed E-state index contributed by atoms with van der Waals surface area (Å²) in [6.45, 7) is 1.26. The number of sulfonamides is 1. The molecule has 0 aromatic heterocycles. The molecule has 2 aliphatic rings. The van der Waals surface area contributed by atoms with Gasteiger partial charge in [-0.15, -0.1) is 4.40 Å². The normalized spacial score (nSPS) is 17.7. The van der Waals surface area contributed by atoms with Gasteiger partial charge in [-0.25, -0.2) is 0 Å². The van der Waals surface area contributed by atoms with Gasteiger partial charge in [-0.3, -0.25) is 4.79 Å². The zero-order chi connectivity index (χ0) is 22.0. The second kappa shape index (κ2) is 9.06. The molecular weight excluding hydrogens is 463 g/mol. The van der Waals surface area contributed by atoms with Crippen molar-refractivity contribution in [2.24, 2.45) is 10.3 Å². The van der Waals surface area contributed by atoms with Crippen LogP contribution in [0.1, 0.15) is 18.4 Å². The van der Waals surface area contributed by atoms with E-state index in [-0.39, 0.29) is 30.0 Å². The molecule has 0 spiro atoms. The van der Waals surface area contributed by atoms with Crippen LogP contribution in [0.3, 0.4) is 0 Å². The Morgan fingerprint density at radius 3 is 2.42 bits per heavy atom. The average molecular weight is 483 g/mol. The predicted molar refractivity (Wildman–Crippen MR) is 117 cm³/mol. The number of ether oxygens (including phenoxy) is 2. The monoisotopic (exact) mass is 482 g/mol. The second-order valence-corrected chi connectivity index (χ2v) is 9.60. The van der Waals surface area contributed by atoms with Crippen molar-refractivity contribution in [1.29, 1.82) is 0 Å². The topological polar surface area (TPSA) is 85.3 Å². The zero-order valence-electron chi connectivity index (χ0n) is 16.5. The highest BCUT2D eigenvalue weighted by molar-refractivity contribution is 7.90. The number of hydrogen-bond donors (Lipinski definition) is 0. The van der Waals surface area contributed by atoms with Crippen LogP contribution in [-0.4, -0.2) is 51.4 Å². The zero-order valence-corrected chi connectivity index (χ0v) is 18.8. The van der Waals surface area contributed by atoms with Crippen molar-refractivity contribution in [1.82, 2.24) is 4.90 Å². The number of carbonyl (C=O) groups excluding carboxylic acids is 1. The number of piperidine rings is 1. The highest BCUT2D eigenvalue weighted by atomic mass is 35.5. The SMILES string of the molecule is O=C(OCCOc1c(Cl)cccc1Cl)C1CCN(C2=NS(=O)(=O)c3ccccc32)CC1. The van der Waals surface area contributed by atoms with Crippen LogP contribution in [0.2, 0.25) is 10.0 Å². The molecule has 10 heteroatoms. The fourth-order valence-corrected chi connectivity index (χ4v) is 5.40. The maximum Gasteiger partial charge on any atom is 0.309 e. The highest BCUT2D eigenvalue weighted by Gasteiger charge is 2.34. The number of amidine groups is 1. The molecule has 2 aliphatic heterocycles. The standard InChI is InChI=1S/C21H20Cl2N2O5S/c22-16-5-3-6-17(23)19(16)29-12-13-30-21(26)14-8-10-25(11-9-14)20-15-4-1-2-7-18(15)31(27,28)24-20/h1-7,14H,8-13H2. The summed E-state index contributed by atoms with van der Waals surface area (Å²) in [5, 5.41) is 0.786. The van der Waals surface area contributed by atoms with Crippen molar-refractivity contribution < 1.29 is 22.7 Å². The van der Waals surface area contributed by atoms with E-state index >= 15 is 0 Å². The first kappa shape index (κ1) is 21.9. The molecular formula is C21H20Cl2N2O5S. The molecule has 1 fully saturated rings. The molecule has 4 rings (SSSR count). The Hall–Kier alpha value is -2.29. The number of fused-ring (bicyclic) bond motifs is 1. The smallest absolute Gasteiger partial charge is 0.309 e. The summed E-state index contributed by atoms with van der Waals surface area (Å²) in [5.74, 6) is 0.263. The molecule has 0 N–H and O–H groups in total. The minimum absolute atomic E-state index is 0.0823. The van der Waals surface area contributed by atoms with Crippen LogP contribution in [0.25, 0.3) is 0 Å². The van der Waals surface area contributed by atoms with Gasteiger partial charge in [-0.2, -0.15) is 8.42 Å². The van der Waals surface area contributed by atoms with Crippen LogP contribution in [-0.2, 0) is 19.6 Å². The van der Waals surface area contributed by atoms with E-state index in [1.54, 1.807) is 42.5 Å². The first-order valence-electron chi connectivity index (χ1n) is 9.79. The molecule has 2 aromatic carbocycles. The Bertz CT molecular complexity index is 1110. The number of likely N-dealkylation sites (tertiary alicyclic amines) is 1. The number of rotatable bonds is 5. The largest absolute Gasteiger partial charge is 0.487 e. The fraction of sp³-hybridized carbons (Fsp3) is 0.333. The van der Waals surface area contributed by atoms with Crippen LogP contribution < -0.4 is 4.74 Å². The summed E-state index contributed by atoms with van der Waals surface area (Å²) < 4.78 is 39.3. The third-order valence-corrected chi connectivity index (χ3v) is 7.15. The van der Waals surface area contributed by atoms with E-state index in [0.717, 1.165) is 0 Å².